The Bertz CT molecular complexity index is 890. The summed E-state index contributed by atoms with van der Waals surface area (Å²) in [4.78, 5) is 12.3. The van der Waals surface area contributed by atoms with Gasteiger partial charge < -0.3 is 4.74 Å². The number of carbonyl (C=O) groups is 1. The van der Waals surface area contributed by atoms with E-state index in [0.29, 0.717) is 11.3 Å². The zero-order valence-corrected chi connectivity index (χ0v) is 15.6. The number of hydrogen-bond acceptors (Lipinski definition) is 2. The molecular formula is C21H19BrO2. The quantitative estimate of drug-likeness (QED) is 0.394. The van der Waals surface area contributed by atoms with Gasteiger partial charge in [0.2, 0.25) is 0 Å². The van der Waals surface area contributed by atoms with Crippen LogP contribution in [0.4, 0.5) is 0 Å². The molecule has 0 unspecified atom stereocenters. The smallest absolute Gasteiger partial charge is 0.343 e. The van der Waals surface area contributed by atoms with Gasteiger partial charge in [-0.2, -0.15) is 0 Å². The monoisotopic (exact) mass is 382 g/mol. The van der Waals surface area contributed by atoms with Crippen molar-refractivity contribution < 1.29 is 9.53 Å². The molecule has 3 rings (SSSR count). The molecule has 0 saturated carbocycles. The second-order valence-corrected chi connectivity index (χ2v) is 7.69. The Labute approximate surface area is 150 Å². The van der Waals surface area contributed by atoms with E-state index < -0.39 is 0 Å². The van der Waals surface area contributed by atoms with Crippen LogP contribution in [0.15, 0.2) is 65.1 Å². The Morgan fingerprint density at radius 1 is 0.958 bits per heavy atom. The molecule has 0 radical (unpaired) electrons. The van der Waals surface area contributed by atoms with Crippen LogP contribution in [0.2, 0.25) is 0 Å². The number of fused-ring (bicyclic) bond motifs is 1. The number of halogens is 1. The molecular weight excluding hydrogens is 364 g/mol. The van der Waals surface area contributed by atoms with Gasteiger partial charge in [-0.3, -0.25) is 0 Å². The van der Waals surface area contributed by atoms with E-state index in [9.17, 15) is 4.79 Å². The molecule has 0 N–H and O–H groups in total. The molecule has 0 saturated heterocycles. The highest BCUT2D eigenvalue weighted by Crippen LogP contribution is 2.28. The van der Waals surface area contributed by atoms with E-state index in [1.807, 2.05) is 60.7 Å². The molecule has 0 aliphatic carbocycles. The molecule has 0 fully saturated rings. The maximum absolute atomic E-state index is 12.3. The first kappa shape index (κ1) is 16.7. The second kappa shape index (κ2) is 6.40. The molecule has 0 aliphatic heterocycles. The fraction of sp³-hybridized carbons (Fsp3) is 0.190. The second-order valence-electron chi connectivity index (χ2n) is 6.84. The summed E-state index contributed by atoms with van der Waals surface area (Å²) in [6.07, 6.45) is 0. The van der Waals surface area contributed by atoms with Crippen LogP contribution in [0.25, 0.3) is 10.8 Å². The minimum atomic E-state index is -0.343. The fourth-order valence-corrected chi connectivity index (χ4v) is 3.07. The van der Waals surface area contributed by atoms with Gasteiger partial charge >= 0.3 is 5.97 Å². The summed E-state index contributed by atoms with van der Waals surface area (Å²) >= 11 is 3.52. The van der Waals surface area contributed by atoms with Crippen molar-refractivity contribution in [2.75, 3.05) is 0 Å². The lowest BCUT2D eigenvalue weighted by atomic mass is 9.87. The Morgan fingerprint density at radius 2 is 1.67 bits per heavy atom. The highest BCUT2D eigenvalue weighted by atomic mass is 79.9. The molecule has 3 heteroatoms. The van der Waals surface area contributed by atoms with Gasteiger partial charge in [-0.05, 0) is 58.1 Å². The molecule has 0 amide bonds. The molecule has 0 heterocycles. The summed E-state index contributed by atoms with van der Waals surface area (Å²) < 4.78 is 6.54. The largest absolute Gasteiger partial charge is 0.423 e. The van der Waals surface area contributed by atoms with E-state index in [1.165, 1.54) is 5.56 Å². The zero-order valence-electron chi connectivity index (χ0n) is 14.0. The van der Waals surface area contributed by atoms with Gasteiger partial charge in [0.1, 0.15) is 5.75 Å². The van der Waals surface area contributed by atoms with Crippen LogP contribution < -0.4 is 4.74 Å². The third kappa shape index (κ3) is 3.51. The molecule has 0 aromatic heterocycles. The van der Waals surface area contributed by atoms with Gasteiger partial charge in [0.25, 0.3) is 0 Å². The lowest BCUT2D eigenvalue weighted by Crippen LogP contribution is -2.12. The Kier molecular flexibility index (Phi) is 4.46. The number of benzene rings is 3. The molecule has 24 heavy (non-hydrogen) atoms. The van der Waals surface area contributed by atoms with Gasteiger partial charge in [-0.1, -0.05) is 61.0 Å². The zero-order chi connectivity index (χ0) is 17.3. The van der Waals surface area contributed by atoms with Crippen molar-refractivity contribution in [3.8, 4) is 5.75 Å². The standard InChI is InChI=1S/C21H19BrO2/c1-21(2,3)16-9-7-14(8-10-16)20(23)24-17-11-12-18-15(13-17)5-4-6-19(18)22/h4-13H,1-3H3. The summed E-state index contributed by atoms with van der Waals surface area (Å²) in [5.41, 5.74) is 1.81. The number of esters is 1. The third-order valence-corrected chi connectivity index (χ3v) is 4.69. The average molecular weight is 383 g/mol. The summed E-state index contributed by atoms with van der Waals surface area (Å²) in [6, 6.07) is 19.2. The minimum Gasteiger partial charge on any atom is -0.423 e. The maximum Gasteiger partial charge on any atom is 0.343 e. The van der Waals surface area contributed by atoms with Crippen molar-refractivity contribution in [2.45, 2.75) is 26.2 Å². The molecule has 0 aliphatic rings. The first-order chi connectivity index (χ1) is 11.3. The maximum atomic E-state index is 12.3. The van der Waals surface area contributed by atoms with Gasteiger partial charge in [-0.25, -0.2) is 4.79 Å². The fourth-order valence-electron chi connectivity index (χ4n) is 2.56. The molecule has 3 aromatic rings. The summed E-state index contributed by atoms with van der Waals surface area (Å²) in [7, 11) is 0. The van der Waals surface area contributed by atoms with E-state index in [2.05, 4.69) is 36.7 Å². The van der Waals surface area contributed by atoms with Crippen molar-refractivity contribution in [3.05, 3.63) is 76.3 Å². The van der Waals surface area contributed by atoms with Crippen LogP contribution in [0.5, 0.6) is 5.75 Å². The van der Waals surface area contributed by atoms with Crippen molar-refractivity contribution in [3.63, 3.8) is 0 Å². The van der Waals surface area contributed by atoms with Crippen LogP contribution in [-0.2, 0) is 5.41 Å². The van der Waals surface area contributed by atoms with Gasteiger partial charge in [0.15, 0.2) is 0 Å². The SMILES string of the molecule is CC(C)(C)c1ccc(C(=O)Oc2ccc3c(Br)cccc3c2)cc1. The predicted molar refractivity (Wildman–Crippen MR) is 102 cm³/mol. The summed E-state index contributed by atoms with van der Waals surface area (Å²) in [5.74, 6) is 0.204. The molecule has 122 valence electrons. The lowest BCUT2D eigenvalue weighted by molar-refractivity contribution is 0.0735. The highest BCUT2D eigenvalue weighted by molar-refractivity contribution is 9.10. The van der Waals surface area contributed by atoms with Crippen LogP contribution in [0.1, 0.15) is 36.7 Å². The van der Waals surface area contributed by atoms with Gasteiger partial charge in [0, 0.05) is 4.47 Å². The molecule has 0 atom stereocenters. The van der Waals surface area contributed by atoms with Crippen molar-refractivity contribution in [1.29, 1.82) is 0 Å². The Balaban J connectivity index is 1.82. The van der Waals surface area contributed by atoms with E-state index >= 15 is 0 Å². The number of ether oxygens (including phenoxy) is 1. The van der Waals surface area contributed by atoms with Crippen LogP contribution in [-0.4, -0.2) is 5.97 Å². The summed E-state index contributed by atoms with van der Waals surface area (Å²) in [5, 5.41) is 2.12. The van der Waals surface area contributed by atoms with Crippen molar-refractivity contribution in [2.24, 2.45) is 0 Å². The highest BCUT2D eigenvalue weighted by Gasteiger charge is 2.15. The van der Waals surface area contributed by atoms with Crippen LogP contribution in [0.3, 0.4) is 0 Å². The lowest BCUT2D eigenvalue weighted by Gasteiger charge is -2.18. The average Bonchev–Trinajstić information content (AvgIpc) is 2.54. The minimum absolute atomic E-state index is 0.0637. The molecule has 0 spiro atoms. The molecule has 2 nitrogen and oxygen atoms in total. The number of rotatable bonds is 2. The van der Waals surface area contributed by atoms with Gasteiger partial charge in [0.05, 0.1) is 5.56 Å². The van der Waals surface area contributed by atoms with Crippen molar-refractivity contribution >= 4 is 32.7 Å². The predicted octanol–water partition coefficient (Wildman–Crippen LogP) is 6.12. The molecule has 3 aromatic carbocycles. The van der Waals surface area contributed by atoms with E-state index in [-0.39, 0.29) is 11.4 Å². The Morgan fingerprint density at radius 3 is 2.33 bits per heavy atom. The summed E-state index contributed by atoms with van der Waals surface area (Å²) in [6.45, 7) is 6.44. The van der Waals surface area contributed by atoms with E-state index in [1.54, 1.807) is 0 Å². The van der Waals surface area contributed by atoms with Crippen LogP contribution in [0, 0.1) is 0 Å². The van der Waals surface area contributed by atoms with E-state index in [0.717, 1.165) is 15.2 Å². The number of hydrogen-bond donors (Lipinski definition) is 0. The van der Waals surface area contributed by atoms with Crippen LogP contribution >= 0.6 is 15.9 Å². The Hall–Kier alpha value is -2.13. The van der Waals surface area contributed by atoms with E-state index in [4.69, 9.17) is 4.74 Å². The third-order valence-electron chi connectivity index (χ3n) is 4.00. The first-order valence-electron chi connectivity index (χ1n) is 7.85. The first-order valence-corrected chi connectivity index (χ1v) is 8.65. The number of carbonyl (C=O) groups excluding carboxylic acids is 1. The normalized spacial score (nSPS) is 11.5. The van der Waals surface area contributed by atoms with Gasteiger partial charge in [-0.15, -0.1) is 0 Å². The van der Waals surface area contributed by atoms with Crippen molar-refractivity contribution in [1.82, 2.24) is 0 Å². The topological polar surface area (TPSA) is 26.3 Å². The molecule has 0 bridgehead atoms.